The molecule has 4 heteroatoms. The number of carbonyl (C=O) groups excluding carboxylic acids is 1. The van der Waals surface area contributed by atoms with Crippen molar-refractivity contribution in [3.05, 3.63) is 35.9 Å². The number of hydrogen-bond acceptors (Lipinski definition) is 3. The molecule has 0 aromatic heterocycles. The zero-order valence-corrected chi connectivity index (χ0v) is 12.6. The first kappa shape index (κ1) is 16.7. The van der Waals surface area contributed by atoms with Gasteiger partial charge in [-0.1, -0.05) is 44.2 Å². The predicted molar refractivity (Wildman–Crippen MR) is 83.5 cm³/mol. The minimum atomic E-state index is -0.144. The third-order valence-electron chi connectivity index (χ3n) is 3.60. The summed E-state index contributed by atoms with van der Waals surface area (Å²) in [5.41, 5.74) is 6.89. The van der Waals surface area contributed by atoms with Crippen LogP contribution in [0.5, 0.6) is 0 Å². The summed E-state index contributed by atoms with van der Waals surface area (Å²) in [7, 11) is 0. The van der Waals surface area contributed by atoms with Gasteiger partial charge in [0, 0.05) is 19.6 Å². The molecule has 0 aliphatic carbocycles. The lowest BCUT2D eigenvalue weighted by Crippen LogP contribution is -2.40. The molecule has 1 atom stereocenters. The minimum absolute atomic E-state index is 0.0588. The van der Waals surface area contributed by atoms with E-state index in [1.54, 1.807) is 0 Å². The van der Waals surface area contributed by atoms with E-state index >= 15 is 0 Å². The molecule has 3 N–H and O–H groups in total. The van der Waals surface area contributed by atoms with Crippen molar-refractivity contribution < 1.29 is 4.79 Å². The molecule has 4 nitrogen and oxygen atoms in total. The van der Waals surface area contributed by atoms with Crippen LogP contribution in [-0.2, 0) is 11.2 Å². The zero-order chi connectivity index (χ0) is 14.8. The zero-order valence-electron chi connectivity index (χ0n) is 12.6. The van der Waals surface area contributed by atoms with Crippen LogP contribution in [0, 0.1) is 5.92 Å². The van der Waals surface area contributed by atoms with Gasteiger partial charge in [-0.15, -0.1) is 0 Å². The molecule has 0 bridgehead atoms. The van der Waals surface area contributed by atoms with Crippen LogP contribution in [-0.4, -0.2) is 43.5 Å². The van der Waals surface area contributed by atoms with E-state index in [0.29, 0.717) is 19.5 Å². The molecule has 0 aliphatic rings. The van der Waals surface area contributed by atoms with Gasteiger partial charge in [0.05, 0.1) is 5.92 Å². The maximum atomic E-state index is 12.1. The second kappa shape index (κ2) is 9.50. The summed E-state index contributed by atoms with van der Waals surface area (Å²) in [6.45, 7) is 8.24. The van der Waals surface area contributed by atoms with E-state index < -0.39 is 0 Å². The Morgan fingerprint density at radius 1 is 1.25 bits per heavy atom. The van der Waals surface area contributed by atoms with Crippen LogP contribution in [0.2, 0.25) is 0 Å². The summed E-state index contributed by atoms with van der Waals surface area (Å²) in [6, 6.07) is 10.0. The molecule has 1 aromatic carbocycles. The van der Waals surface area contributed by atoms with Gasteiger partial charge in [-0.25, -0.2) is 0 Å². The fourth-order valence-electron chi connectivity index (χ4n) is 2.20. The van der Waals surface area contributed by atoms with Crippen molar-refractivity contribution in [2.45, 2.75) is 20.3 Å². The van der Waals surface area contributed by atoms with E-state index in [4.69, 9.17) is 5.73 Å². The molecule has 0 fully saturated rings. The number of benzene rings is 1. The maximum absolute atomic E-state index is 12.1. The highest BCUT2D eigenvalue weighted by Gasteiger charge is 2.16. The Bertz CT molecular complexity index is 377. The SMILES string of the molecule is CCN(CC)CCNC(=O)C(CN)Cc1ccccc1. The third kappa shape index (κ3) is 5.72. The van der Waals surface area contributed by atoms with Gasteiger partial charge in [0.1, 0.15) is 0 Å². The summed E-state index contributed by atoms with van der Waals surface area (Å²) in [5, 5.41) is 2.99. The average Bonchev–Trinajstić information content (AvgIpc) is 2.50. The van der Waals surface area contributed by atoms with Crippen molar-refractivity contribution in [2.75, 3.05) is 32.7 Å². The third-order valence-corrected chi connectivity index (χ3v) is 3.60. The number of carbonyl (C=O) groups is 1. The lowest BCUT2D eigenvalue weighted by atomic mass is 9.98. The first-order chi connectivity index (χ1) is 9.71. The number of nitrogens with zero attached hydrogens (tertiary/aromatic N) is 1. The van der Waals surface area contributed by atoms with Crippen molar-refractivity contribution >= 4 is 5.91 Å². The Morgan fingerprint density at radius 3 is 2.45 bits per heavy atom. The molecule has 0 radical (unpaired) electrons. The molecular formula is C16H27N3O. The lowest BCUT2D eigenvalue weighted by molar-refractivity contribution is -0.124. The first-order valence-corrected chi connectivity index (χ1v) is 7.45. The number of hydrogen-bond donors (Lipinski definition) is 2. The van der Waals surface area contributed by atoms with Crippen LogP contribution >= 0.6 is 0 Å². The van der Waals surface area contributed by atoms with Crippen LogP contribution in [0.1, 0.15) is 19.4 Å². The summed E-state index contributed by atoms with van der Waals surface area (Å²) in [4.78, 5) is 14.4. The van der Waals surface area contributed by atoms with Gasteiger partial charge in [-0.05, 0) is 25.1 Å². The van der Waals surface area contributed by atoms with Crippen LogP contribution in [0.15, 0.2) is 30.3 Å². The van der Waals surface area contributed by atoms with E-state index in [0.717, 1.165) is 25.2 Å². The molecule has 0 saturated heterocycles. The average molecular weight is 277 g/mol. The van der Waals surface area contributed by atoms with Crippen molar-refractivity contribution in [3.63, 3.8) is 0 Å². The number of amides is 1. The molecule has 0 spiro atoms. The fraction of sp³-hybridized carbons (Fsp3) is 0.562. The van der Waals surface area contributed by atoms with Gasteiger partial charge in [0.15, 0.2) is 0 Å². The highest BCUT2D eigenvalue weighted by atomic mass is 16.1. The molecule has 1 aromatic rings. The smallest absolute Gasteiger partial charge is 0.224 e. The van der Waals surface area contributed by atoms with Gasteiger partial charge >= 0.3 is 0 Å². The summed E-state index contributed by atoms with van der Waals surface area (Å²) in [6.07, 6.45) is 0.703. The molecule has 0 aliphatic heterocycles. The van der Waals surface area contributed by atoms with Gasteiger partial charge in [0.2, 0.25) is 5.91 Å². The van der Waals surface area contributed by atoms with Crippen LogP contribution in [0.25, 0.3) is 0 Å². The summed E-state index contributed by atoms with van der Waals surface area (Å²) >= 11 is 0. The maximum Gasteiger partial charge on any atom is 0.224 e. The van der Waals surface area contributed by atoms with E-state index in [2.05, 4.69) is 24.1 Å². The second-order valence-corrected chi connectivity index (χ2v) is 4.94. The predicted octanol–water partition coefficient (Wildman–Crippen LogP) is 1.26. The quantitative estimate of drug-likeness (QED) is 0.714. The van der Waals surface area contributed by atoms with E-state index in [-0.39, 0.29) is 11.8 Å². The van der Waals surface area contributed by atoms with Crippen LogP contribution < -0.4 is 11.1 Å². The Kier molecular flexibility index (Phi) is 7.92. The largest absolute Gasteiger partial charge is 0.355 e. The molecule has 0 heterocycles. The summed E-state index contributed by atoms with van der Waals surface area (Å²) in [5.74, 6) is -0.0855. The minimum Gasteiger partial charge on any atom is -0.355 e. The highest BCUT2D eigenvalue weighted by molar-refractivity contribution is 5.79. The molecule has 1 amide bonds. The number of nitrogens with two attached hydrogens (primary N) is 1. The lowest BCUT2D eigenvalue weighted by Gasteiger charge is -2.20. The van der Waals surface area contributed by atoms with Crippen LogP contribution in [0.4, 0.5) is 0 Å². The Balaban J connectivity index is 2.39. The molecule has 1 unspecified atom stereocenters. The van der Waals surface area contributed by atoms with Crippen molar-refractivity contribution in [1.82, 2.24) is 10.2 Å². The Morgan fingerprint density at radius 2 is 1.90 bits per heavy atom. The first-order valence-electron chi connectivity index (χ1n) is 7.45. The molecule has 112 valence electrons. The topological polar surface area (TPSA) is 58.4 Å². The number of rotatable bonds is 9. The van der Waals surface area contributed by atoms with E-state index in [9.17, 15) is 4.79 Å². The number of likely N-dealkylation sites (N-methyl/N-ethyl adjacent to an activating group) is 1. The Labute approximate surface area is 122 Å². The monoisotopic (exact) mass is 277 g/mol. The molecular weight excluding hydrogens is 250 g/mol. The van der Waals surface area contributed by atoms with Crippen LogP contribution in [0.3, 0.4) is 0 Å². The van der Waals surface area contributed by atoms with Gasteiger partial charge < -0.3 is 16.0 Å². The number of nitrogens with one attached hydrogen (secondary N) is 1. The van der Waals surface area contributed by atoms with Crippen molar-refractivity contribution in [1.29, 1.82) is 0 Å². The Hall–Kier alpha value is -1.39. The van der Waals surface area contributed by atoms with Crippen molar-refractivity contribution in [2.24, 2.45) is 11.7 Å². The molecule has 0 saturated carbocycles. The molecule has 20 heavy (non-hydrogen) atoms. The molecule has 1 rings (SSSR count). The van der Waals surface area contributed by atoms with Gasteiger partial charge in [-0.3, -0.25) is 4.79 Å². The van der Waals surface area contributed by atoms with Gasteiger partial charge in [0.25, 0.3) is 0 Å². The van der Waals surface area contributed by atoms with Crippen molar-refractivity contribution in [3.8, 4) is 0 Å². The second-order valence-electron chi connectivity index (χ2n) is 4.94. The summed E-state index contributed by atoms with van der Waals surface area (Å²) < 4.78 is 0. The van der Waals surface area contributed by atoms with Gasteiger partial charge in [-0.2, -0.15) is 0 Å². The normalized spacial score (nSPS) is 12.4. The van der Waals surface area contributed by atoms with E-state index in [1.807, 2.05) is 30.3 Å². The standard InChI is InChI=1S/C16H27N3O/c1-3-19(4-2)11-10-18-16(20)15(13-17)12-14-8-6-5-7-9-14/h5-9,15H,3-4,10-13,17H2,1-2H3,(H,18,20). The fourth-order valence-corrected chi connectivity index (χ4v) is 2.20. The highest BCUT2D eigenvalue weighted by Crippen LogP contribution is 2.07. The van der Waals surface area contributed by atoms with E-state index in [1.165, 1.54) is 0 Å².